The summed E-state index contributed by atoms with van der Waals surface area (Å²) in [6, 6.07) is 13.1. The lowest BCUT2D eigenvalue weighted by molar-refractivity contribution is -0.124. The fourth-order valence-electron chi connectivity index (χ4n) is 2.35. The first-order valence-electron chi connectivity index (χ1n) is 8.46. The van der Waals surface area contributed by atoms with Crippen LogP contribution in [0.5, 0.6) is 0 Å². The Hall–Kier alpha value is -2.93. The van der Waals surface area contributed by atoms with Crippen molar-refractivity contribution >= 4 is 34.7 Å². The number of hydrogen-bond acceptors (Lipinski definition) is 6. The molecule has 0 saturated heterocycles. The van der Waals surface area contributed by atoms with Gasteiger partial charge in [-0.3, -0.25) is 14.8 Å². The lowest BCUT2D eigenvalue weighted by Gasteiger charge is -2.07. The number of carbonyl (C=O) groups is 2. The maximum atomic E-state index is 12.1. The quantitative estimate of drug-likeness (QED) is 0.385. The molecule has 0 saturated carbocycles. The van der Waals surface area contributed by atoms with Crippen LogP contribution in [-0.2, 0) is 9.53 Å². The fraction of sp³-hybridized carbons (Fsp3) is 0.200. The number of carbonyl (C=O) groups excluding carboxylic acids is 2. The summed E-state index contributed by atoms with van der Waals surface area (Å²) in [4.78, 5) is 33.4. The van der Waals surface area contributed by atoms with Crippen LogP contribution in [-0.4, -0.2) is 40.7 Å². The van der Waals surface area contributed by atoms with Crippen molar-refractivity contribution in [3.63, 3.8) is 0 Å². The predicted octanol–water partition coefficient (Wildman–Crippen LogP) is 3.00. The predicted molar refractivity (Wildman–Crippen MR) is 105 cm³/mol. The summed E-state index contributed by atoms with van der Waals surface area (Å²) in [5.41, 5.74) is 2.85. The molecule has 1 heterocycles. The molecule has 138 valence electrons. The summed E-state index contributed by atoms with van der Waals surface area (Å²) in [5.74, 6) is -0.147. The first kappa shape index (κ1) is 18.8. The third-order valence-corrected chi connectivity index (χ3v) is 4.77. The number of aryl methyl sites for hydroxylation is 1. The molecule has 0 radical (unpaired) electrons. The number of nitrogens with zero attached hydrogens (tertiary/aromatic N) is 2. The highest BCUT2D eigenvalue weighted by Crippen LogP contribution is 2.17. The number of nitrogens with one attached hydrogen (secondary N) is 1. The molecular formula is C20H19N3O3S. The van der Waals surface area contributed by atoms with Gasteiger partial charge in [-0.15, -0.1) is 11.8 Å². The Morgan fingerprint density at radius 3 is 2.56 bits per heavy atom. The Bertz CT molecular complexity index is 945. The zero-order valence-corrected chi connectivity index (χ0v) is 15.7. The monoisotopic (exact) mass is 381 g/mol. The number of hydrogen-bond donors (Lipinski definition) is 1. The second-order valence-electron chi connectivity index (χ2n) is 5.85. The van der Waals surface area contributed by atoms with E-state index in [0.717, 1.165) is 10.6 Å². The van der Waals surface area contributed by atoms with Crippen molar-refractivity contribution in [3.8, 4) is 0 Å². The fourth-order valence-corrected chi connectivity index (χ4v) is 3.12. The minimum Gasteiger partial charge on any atom is -0.452 e. The third kappa shape index (κ3) is 5.52. The van der Waals surface area contributed by atoms with Crippen LogP contribution in [0.4, 0.5) is 0 Å². The molecule has 0 spiro atoms. The van der Waals surface area contributed by atoms with Crippen LogP contribution in [0.2, 0.25) is 0 Å². The molecule has 6 nitrogen and oxygen atoms in total. The Morgan fingerprint density at radius 1 is 1.04 bits per heavy atom. The van der Waals surface area contributed by atoms with Crippen molar-refractivity contribution in [1.29, 1.82) is 0 Å². The average molecular weight is 381 g/mol. The highest BCUT2D eigenvalue weighted by molar-refractivity contribution is 7.99. The molecule has 2 aromatic carbocycles. The molecule has 0 bridgehead atoms. The van der Waals surface area contributed by atoms with Gasteiger partial charge in [-0.25, -0.2) is 4.79 Å². The van der Waals surface area contributed by atoms with Gasteiger partial charge in [0, 0.05) is 29.6 Å². The Morgan fingerprint density at radius 2 is 1.78 bits per heavy atom. The Balaban J connectivity index is 1.40. The number of aromatic nitrogens is 2. The second kappa shape index (κ2) is 9.14. The van der Waals surface area contributed by atoms with Crippen LogP contribution in [0.3, 0.4) is 0 Å². The molecule has 0 unspecified atom stereocenters. The number of rotatable bonds is 7. The summed E-state index contributed by atoms with van der Waals surface area (Å²) >= 11 is 1.66. The smallest absolute Gasteiger partial charge is 0.338 e. The molecule has 1 amide bonds. The van der Waals surface area contributed by atoms with E-state index in [1.807, 2.05) is 6.92 Å². The summed E-state index contributed by atoms with van der Waals surface area (Å²) < 4.78 is 5.06. The van der Waals surface area contributed by atoms with Crippen LogP contribution in [0.25, 0.3) is 11.0 Å². The first-order chi connectivity index (χ1) is 13.1. The van der Waals surface area contributed by atoms with Crippen molar-refractivity contribution in [2.45, 2.75) is 11.8 Å². The van der Waals surface area contributed by atoms with E-state index in [4.69, 9.17) is 4.74 Å². The minimum atomic E-state index is -0.563. The largest absolute Gasteiger partial charge is 0.452 e. The van der Waals surface area contributed by atoms with E-state index in [1.54, 1.807) is 42.4 Å². The van der Waals surface area contributed by atoms with Crippen LogP contribution >= 0.6 is 11.8 Å². The second-order valence-corrected chi connectivity index (χ2v) is 7.02. The third-order valence-electron chi connectivity index (χ3n) is 3.75. The van der Waals surface area contributed by atoms with Gasteiger partial charge in [0.15, 0.2) is 6.61 Å². The number of ether oxygens (including phenoxy) is 1. The van der Waals surface area contributed by atoms with Gasteiger partial charge in [-0.2, -0.15) is 0 Å². The summed E-state index contributed by atoms with van der Waals surface area (Å²) in [6.45, 7) is 2.23. The number of esters is 1. The molecule has 0 fully saturated rings. The van der Waals surface area contributed by atoms with Gasteiger partial charge in [-0.1, -0.05) is 17.7 Å². The van der Waals surface area contributed by atoms with E-state index in [1.165, 1.54) is 5.56 Å². The lowest BCUT2D eigenvalue weighted by Crippen LogP contribution is -2.30. The molecule has 1 aromatic heterocycles. The SMILES string of the molecule is Cc1ccc(SCCNC(=O)COC(=O)c2ccc3nccnc3c2)cc1. The molecule has 27 heavy (non-hydrogen) atoms. The van der Waals surface area contributed by atoms with Crippen LogP contribution in [0.1, 0.15) is 15.9 Å². The molecule has 3 rings (SSSR count). The van der Waals surface area contributed by atoms with Gasteiger partial charge in [0.1, 0.15) is 0 Å². The lowest BCUT2D eigenvalue weighted by atomic mass is 10.2. The van der Waals surface area contributed by atoms with E-state index in [0.29, 0.717) is 23.1 Å². The van der Waals surface area contributed by atoms with Crippen LogP contribution < -0.4 is 5.32 Å². The van der Waals surface area contributed by atoms with Crippen LogP contribution in [0, 0.1) is 6.92 Å². The highest BCUT2D eigenvalue weighted by Gasteiger charge is 2.11. The van der Waals surface area contributed by atoms with Crippen molar-refractivity contribution in [2.24, 2.45) is 0 Å². The number of fused-ring (bicyclic) bond motifs is 1. The number of amides is 1. The molecule has 0 atom stereocenters. The van der Waals surface area contributed by atoms with Gasteiger partial charge in [0.2, 0.25) is 0 Å². The average Bonchev–Trinajstić information content (AvgIpc) is 2.70. The van der Waals surface area contributed by atoms with Crippen LogP contribution in [0.15, 0.2) is 59.8 Å². The van der Waals surface area contributed by atoms with Gasteiger partial charge < -0.3 is 10.1 Å². The highest BCUT2D eigenvalue weighted by atomic mass is 32.2. The van der Waals surface area contributed by atoms with Gasteiger partial charge in [0.25, 0.3) is 5.91 Å². The first-order valence-corrected chi connectivity index (χ1v) is 9.44. The molecule has 3 aromatic rings. The van der Waals surface area contributed by atoms with Gasteiger partial charge >= 0.3 is 5.97 Å². The minimum absolute atomic E-state index is 0.313. The summed E-state index contributed by atoms with van der Waals surface area (Å²) in [7, 11) is 0. The maximum Gasteiger partial charge on any atom is 0.338 e. The van der Waals surface area contributed by atoms with E-state index in [-0.39, 0.29) is 12.5 Å². The molecule has 0 aliphatic heterocycles. The maximum absolute atomic E-state index is 12.1. The number of thioether (sulfide) groups is 1. The molecule has 7 heteroatoms. The van der Waals surface area contributed by atoms with Gasteiger partial charge in [0.05, 0.1) is 16.6 Å². The van der Waals surface area contributed by atoms with Crippen molar-refractivity contribution in [1.82, 2.24) is 15.3 Å². The molecular weight excluding hydrogens is 362 g/mol. The Kier molecular flexibility index (Phi) is 6.38. The summed E-state index contributed by atoms with van der Waals surface area (Å²) in [5, 5.41) is 2.74. The van der Waals surface area contributed by atoms with Crippen molar-refractivity contribution in [2.75, 3.05) is 18.9 Å². The Labute approximate surface area is 161 Å². The van der Waals surface area contributed by atoms with E-state index in [2.05, 4.69) is 39.6 Å². The van der Waals surface area contributed by atoms with Gasteiger partial charge in [-0.05, 0) is 37.3 Å². The zero-order chi connectivity index (χ0) is 19.1. The molecule has 0 aliphatic rings. The van der Waals surface area contributed by atoms with Crippen molar-refractivity contribution < 1.29 is 14.3 Å². The van der Waals surface area contributed by atoms with E-state index >= 15 is 0 Å². The topological polar surface area (TPSA) is 81.2 Å². The normalized spacial score (nSPS) is 10.6. The molecule has 1 N–H and O–H groups in total. The number of benzene rings is 2. The summed E-state index contributed by atoms with van der Waals surface area (Å²) in [6.07, 6.45) is 3.14. The standard InChI is InChI=1S/C20H19N3O3S/c1-14-2-5-16(6-3-14)27-11-10-23-19(24)13-26-20(25)15-4-7-17-18(12-15)22-9-8-21-17/h2-9,12H,10-11,13H2,1H3,(H,23,24). The molecule has 0 aliphatic carbocycles. The van der Waals surface area contributed by atoms with E-state index in [9.17, 15) is 9.59 Å². The zero-order valence-electron chi connectivity index (χ0n) is 14.8. The van der Waals surface area contributed by atoms with E-state index < -0.39 is 5.97 Å². The van der Waals surface area contributed by atoms with Crippen molar-refractivity contribution in [3.05, 3.63) is 66.0 Å².